The zero-order valence-corrected chi connectivity index (χ0v) is 16.5. The molecule has 9 nitrogen and oxygen atoms in total. The van der Waals surface area contributed by atoms with E-state index in [1.165, 1.54) is 36.9 Å². The van der Waals surface area contributed by atoms with Gasteiger partial charge in [0.2, 0.25) is 5.91 Å². The van der Waals surface area contributed by atoms with E-state index in [0.717, 1.165) is 0 Å². The molecule has 1 amide bonds. The van der Waals surface area contributed by atoms with Gasteiger partial charge in [0.05, 0.1) is 18.2 Å². The van der Waals surface area contributed by atoms with Crippen LogP contribution in [0.3, 0.4) is 0 Å². The van der Waals surface area contributed by atoms with Crippen LogP contribution in [0.2, 0.25) is 0 Å². The van der Waals surface area contributed by atoms with Gasteiger partial charge in [0.1, 0.15) is 0 Å². The molecule has 3 N–H and O–H groups in total. The Morgan fingerprint density at radius 3 is 2.64 bits per heavy atom. The summed E-state index contributed by atoms with van der Waals surface area (Å²) in [5, 5.41) is 11.5. The number of rotatable bonds is 5. The third-order valence-corrected chi connectivity index (χ3v) is 3.40. The van der Waals surface area contributed by atoms with E-state index in [-0.39, 0.29) is 81.8 Å². The molecule has 0 saturated carbocycles. The van der Waals surface area contributed by atoms with Gasteiger partial charge in [-0.25, -0.2) is 14.8 Å². The summed E-state index contributed by atoms with van der Waals surface area (Å²) in [5.41, 5.74) is 0.963. The van der Waals surface area contributed by atoms with Crippen LogP contribution in [0.5, 0.6) is 0 Å². The minimum Gasteiger partial charge on any atom is -1.00 e. The standard InChI is InChI=1S/C15H13N5O4.K.H/c21-11(19-10-3-1-9(2-4-10)15(23)24)5-6-20-8-18-12-13(20)16-7-17-14(12)22;;/h1-4,7-8H,5-6H2,(H,19,21)(H,23,24)(H,16,17,22);;/q;+1;-1. The Hall–Kier alpha value is -1.85. The molecule has 2 heterocycles. The molecule has 0 unspecified atom stereocenters. The molecule has 124 valence electrons. The fourth-order valence-corrected chi connectivity index (χ4v) is 2.20. The fourth-order valence-electron chi connectivity index (χ4n) is 2.20. The minimum absolute atomic E-state index is 0. The molecule has 25 heavy (non-hydrogen) atoms. The predicted molar refractivity (Wildman–Crippen MR) is 85.9 cm³/mol. The second-order valence-corrected chi connectivity index (χ2v) is 5.02. The Morgan fingerprint density at radius 2 is 1.96 bits per heavy atom. The Balaban J connectivity index is 0.00000169. The maximum Gasteiger partial charge on any atom is 1.00 e. The van der Waals surface area contributed by atoms with Crippen molar-refractivity contribution >= 4 is 28.7 Å². The van der Waals surface area contributed by atoms with E-state index in [1.54, 1.807) is 4.57 Å². The van der Waals surface area contributed by atoms with Gasteiger partial charge in [-0.2, -0.15) is 0 Å². The molecule has 1 aromatic carbocycles. The number of aromatic carboxylic acids is 1. The second kappa shape index (κ2) is 8.49. The van der Waals surface area contributed by atoms with Crippen molar-refractivity contribution in [3.8, 4) is 0 Å². The number of nitrogens with zero attached hydrogens (tertiary/aromatic N) is 3. The summed E-state index contributed by atoms with van der Waals surface area (Å²) in [7, 11) is 0. The zero-order valence-electron chi connectivity index (χ0n) is 14.4. The van der Waals surface area contributed by atoms with Gasteiger partial charge < -0.3 is 21.4 Å². The predicted octanol–water partition coefficient (Wildman–Crippen LogP) is -2.04. The van der Waals surface area contributed by atoms with Crippen LogP contribution in [-0.4, -0.2) is 36.5 Å². The second-order valence-electron chi connectivity index (χ2n) is 5.02. The molecule has 0 bridgehead atoms. The topological polar surface area (TPSA) is 130 Å². The van der Waals surface area contributed by atoms with Crippen LogP contribution in [0.25, 0.3) is 11.2 Å². The molecule has 0 fully saturated rings. The first-order valence-electron chi connectivity index (χ1n) is 7.06. The van der Waals surface area contributed by atoms with Crippen LogP contribution >= 0.6 is 0 Å². The number of carbonyl (C=O) groups excluding carboxylic acids is 1. The molecule has 0 aliphatic carbocycles. The maximum absolute atomic E-state index is 12.0. The molecular weight excluding hydrogens is 353 g/mol. The monoisotopic (exact) mass is 367 g/mol. The molecule has 0 aliphatic rings. The van der Waals surface area contributed by atoms with Crippen molar-refractivity contribution in [1.82, 2.24) is 19.5 Å². The van der Waals surface area contributed by atoms with Gasteiger partial charge in [0, 0.05) is 18.7 Å². The van der Waals surface area contributed by atoms with E-state index < -0.39 is 5.97 Å². The van der Waals surface area contributed by atoms with E-state index in [9.17, 15) is 14.4 Å². The van der Waals surface area contributed by atoms with Crippen LogP contribution in [0.4, 0.5) is 5.69 Å². The summed E-state index contributed by atoms with van der Waals surface area (Å²) in [6.07, 6.45) is 2.90. The number of aromatic nitrogens is 4. The van der Waals surface area contributed by atoms with Crippen molar-refractivity contribution in [2.75, 3.05) is 5.32 Å². The Bertz CT molecular complexity index is 970. The Kier molecular flexibility index (Phi) is 6.61. The van der Waals surface area contributed by atoms with E-state index in [4.69, 9.17) is 5.11 Å². The number of nitrogens with one attached hydrogen (secondary N) is 2. The summed E-state index contributed by atoms with van der Waals surface area (Å²) in [6.45, 7) is 0.312. The Labute approximate surface area is 185 Å². The van der Waals surface area contributed by atoms with Gasteiger partial charge in [-0.1, -0.05) is 0 Å². The number of carboxylic acids is 1. The average molecular weight is 367 g/mol. The van der Waals surface area contributed by atoms with Crippen molar-refractivity contribution in [1.29, 1.82) is 0 Å². The molecule has 10 heteroatoms. The number of fused-ring (bicyclic) bond motifs is 1. The number of H-pyrrole nitrogens is 1. The van der Waals surface area contributed by atoms with Crippen LogP contribution < -0.4 is 62.3 Å². The molecule has 2 aromatic heterocycles. The number of hydrogen-bond acceptors (Lipinski definition) is 5. The van der Waals surface area contributed by atoms with Gasteiger partial charge in [0.15, 0.2) is 11.2 Å². The minimum atomic E-state index is -1.03. The number of imidazole rings is 1. The number of carbonyl (C=O) groups is 2. The van der Waals surface area contributed by atoms with E-state index >= 15 is 0 Å². The summed E-state index contributed by atoms with van der Waals surface area (Å²) >= 11 is 0. The third-order valence-electron chi connectivity index (χ3n) is 3.40. The van der Waals surface area contributed by atoms with Crippen molar-refractivity contribution in [2.24, 2.45) is 0 Å². The number of carboxylic acid groups (broad SMARTS) is 1. The smallest absolute Gasteiger partial charge is 1.00 e. The summed E-state index contributed by atoms with van der Waals surface area (Å²) in [4.78, 5) is 44.8. The molecule has 0 spiro atoms. The number of amides is 1. The average Bonchev–Trinajstić information content (AvgIpc) is 2.98. The van der Waals surface area contributed by atoms with Gasteiger partial charge in [0.25, 0.3) is 5.56 Å². The number of hydrogen-bond donors (Lipinski definition) is 3. The van der Waals surface area contributed by atoms with E-state index in [0.29, 0.717) is 17.9 Å². The molecular formula is C15H14KN5O4. The maximum atomic E-state index is 12.0. The van der Waals surface area contributed by atoms with Crippen LogP contribution in [0.15, 0.2) is 41.7 Å². The fraction of sp³-hybridized carbons (Fsp3) is 0.133. The third kappa shape index (κ3) is 4.61. The summed E-state index contributed by atoms with van der Waals surface area (Å²) in [6, 6.07) is 5.87. The van der Waals surface area contributed by atoms with Crippen molar-refractivity contribution in [3.05, 3.63) is 52.8 Å². The van der Waals surface area contributed by atoms with Crippen LogP contribution in [0, 0.1) is 0 Å². The number of benzene rings is 1. The molecule has 0 atom stereocenters. The molecule has 0 saturated heterocycles. The van der Waals surface area contributed by atoms with E-state index in [2.05, 4.69) is 20.3 Å². The number of aromatic amines is 1. The first kappa shape index (κ1) is 19.5. The first-order valence-corrected chi connectivity index (χ1v) is 7.06. The summed E-state index contributed by atoms with van der Waals surface area (Å²) < 4.78 is 1.62. The number of anilines is 1. The van der Waals surface area contributed by atoms with Crippen molar-refractivity contribution in [3.63, 3.8) is 0 Å². The molecule has 0 aliphatic heterocycles. The first-order chi connectivity index (χ1) is 11.5. The largest absolute Gasteiger partial charge is 1.00 e. The molecule has 3 rings (SSSR count). The quantitative estimate of drug-likeness (QED) is 0.446. The van der Waals surface area contributed by atoms with Crippen LogP contribution in [-0.2, 0) is 11.3 Å². The molecule has 3 aromatic rings. The van der Waals surface area contributed by atoms with Gasteiger partial charge in [-0.05, 0) is 24.3 Å². The summed E-state index contributed by atoms with van der Waals surface area (Å²) in [5.74, 6) is -1.27. The van der Waals surface area contributed by atoms with Crippen LogP contribution in [0.1, 0.15) is 18.2 Å². The van der Waals surface area contributed by atoms with Gasteiger partial charge in [-0.15, -0.1) is 0 Å². The number of aryl methyl sites for hydroxylation is 1. The Morgan fingerprint density at radius 1 is 1.24 bits per heavy atom. The SMILES string of the molecule is O=C(CCn1cnc2c(=O)[nH]cnc21)Nc1ccc(C(=O)O)cc1.[H-].[K+]. The van der Waals surface area contributed by atoms with Crippen molar-refractivity contribution in [2.45, 2.75) is 13.0 Å². The van der Waals surface area contributed by atoms with E-state index in [1.807, 2.05) is 0 Å². The zero-order chi connectivity index (χ0) is 17.1. The normalized spacial score (nSPS) is 10.2. The van der Waals surface area contributed by atoms with Gasteiger partial charge in [-0.3, -0.25) is 9.59 Å². The van der Waals surface area contributed by atoms with Gasteiger partial charge >= 0.3 is 57.4 Å². The molecule has 0 radical (unpaired) electrons. The van der Waals surface area contributed by atoms with Crippen molar-refractivity contribution < 1.29 is 67.5 Å².